The molecule has 0 atom stereocenters. The fraction of sp³-hybridized carbons (Fsp3) is 0.333. The molecule has 3 rings (SSSR count). The summed E-state index contributed by atoms with van der Waals surface area (Å²) in [7, 11) is 0. The molecule has 0 unspecified atom stereocenters. The highest BCUT2D eigenvalue weighted by atomic mass is 15.3. The van der Waals surface area contributed by atoms with Gasteiger partial charge >= 0.3 is 0 Å². The van der Waals surface area contributed by atoms with E-state index in [0.29, 0.717) is 0 Å². The van der Waals surface area contributed by atoms with Gasteiger partial charge in [0.05, 0.1) is 6.20 Å². The number of aromatic nitrogens is 2. The zero-order valence-corrected chi connectivity index (χ0v) is 9.06. The van der Waals surface area contributed by atoms with Crippen LogP contribution in [-0.4, -0.2) is 23.3 Å². The average molecular weight is 214 g/mol. The highest BCUT2D eigenvalue weighted by Gasteiger charge is 2.16. The Morgan fingerprint density at radius 1 is 1.19 bits per heavy atom. The van der Waals surface area contributed by atoms with Crippen LogP contribution in [0.1, 0.15) is 12.8 Å². The molecule has 2 N–H and O–H groups in total. The van der Waals surface area contributed by atoms with Gasteiger partial charge in [-0.25, -0.2) is 0 Å². The molecule has 0 aliphatic carbocycles. The summed E-state index contributed by atoms with van der Waals surface area (Å²) in [5, 5.41) is 10.5. The first-order valence-electron chi connectivity index (χ1n) is 5.60. The van der Waals surface area contributed by atoms with Crippen molar-refractivity contribution in [3.8, 4) is 0 Å². The van der Waals surface area contributed by atoms with Crippen LogP contribution in [0.25, 0.3) is 10.8 Å². The lowest BCUT2D eigenvalue weighted by atomic mass is 10.1. The number of benzene rings is 1. The molecule has 16 heavy (non-hydrogen) atoms. The van der Waals surface area contributed by atoms with Gasteiger partial charge < -0.3 is 10.6 Å². The molecule has 1 aromatic carbocycles. The Labute approximate surface area is 94.1 Å². The highest BCUT2D eigenvalue weighted by Crippen LogP contribution is 2.27. The van der Waals surface area contributed by atoms with E-state index in [9.17, 15) is 0 Å². The van der Waals surface area contributed by atoms with Gasteiger partial charge in [0.25, 0.3) is 0 Å². The van der Waals surface area contributed by atoms with Crippen molar-refractivity contribution in [3.05, 3.63) is 24.4 Å². The van der Waals surface area contributed by atoms with E-state index in [2.05, 4.69) is 15.1 Å². The summed E-state index contributed by atoms with van der Waals surface area (Å²) < 4.78 is 0. The van der Waals surface area contributed by atoms with Crippen molar-refractivity contribution >= 4 is 22.3 Å². The first-order valence-corrected chi connectivity index (χ1v) is 5.60. The van der Waals surface area contributed by atoms with Crippen LogP contribution in [-0.2, 0) is 0 Å². The van der Waals surface area contributed by atoms with Gasteiger partial charge in [-0.1, -0.05) is 0 Å². The fourth-order valence-corrected chi connectivity index (χ4v) is 2.25. The number of hydrogen-bond acceptors (Lipinski definition) is 4. The van der Waals surface area contributed by atoms with Crippen LogP contribution in [0.5, 0.6) is 0 Å². The molecule has 1 saturated heterocycles. The van der Waals surface area contributed by atoms with Crippen molar-refractivity contribution in [3.63, 3.8) is 0 Å². The van der Waals surface area contributed by atoms with E-state index in [1.54, 1.807) is 6.20 Å². The first-order chi connectivity index (χ1) is 7.84. The fourth-order valence-electron chi connectivity index (χ4n) is 2.25. The Morgan fingerprint density at radius 2 is 2.00 bits per heavy atom. The van der Waals surface area contributed by atoms with Crippen LogP contribution in [0.2, 0.25) is 0 Å². The minimum absolute atomic E-state index is 0.771. The van der Waals surface area contributed by atoms with E-state index in [0.717, 1.165) is 35.4 Å². The molecular formula is C12H14N4. The lowest BCUT2D eigenvalue weighted by molar-refractivity contribution is 0.905. The van der Waals surface area contributed by atoms with E-state index < -0.39 is 0 Å². The second-order valence-corrected chi connectivity index (χ2v) is 4.21. The molecule has 0 radical (unpaired) electrons. The second kappa shape index (κ2) is 3.63. The van der Waals surface area contributed by atoms with Gasteiger partial charge in [0.2, 0.25) is 0 Å². The maximum Gasteiger partial charge on any atom is 0.159 e. The molecule has 82 valence electrons. The SMILES string of the molecule is Nc1ccc2c(N3CCCC3)nncc2c1. The Kier molecular flexibility index (Phi) is 2.13. The molecule has 4 heteroatoms. The summed E-state index contributed by atoms with van der Waals surface area (Å²) in [6, 6.07) is 5.90. The van der Waals surface area contributed by atoms with Gasteiger partial charge in [0.15, 0.2) is 5.82 Å². The van der Waals surface area contributed by atoms with Crippen molar-refractivity contribution in [2.75, 3.05) is 23.7 Å². The minimum atomic E-state index is 0.771. The molecule has 2 heterocycles. The van der Waals surface area contributed by atoms with Crippen LogP contribution < -0.4 is 10.6 Å². The minimum Gasteiger partial charge on any atom is -0.399 e. The second-order valence-electron chi connectivity index (χ2n) is 4.21. The van der Waals surface area contributed by atoms with Crippen LogP contribution in [0, 0.1) is 0 Å². The predicted molar refractivity (Wildman–Crippen MR) is 65.4 cm³/mol. The van der Waals surface area contributed by atoms with E-state index in [1.165, 1.54) is 12.8 Å². The third-order valence-electron chi connectivity index (χ3n) is 3.07. The van der Waals surface area contributed by atoms with Crippen LogP contribution in [0.4, 0.5) is 11.5 Å². The lowest BCUT2D eigenvalue weighted by Gasteiger charge is -2.17. The van der Waals surface area contributed by atoms with Crippen molar-refractivity contribution in [2.45, 2.75) is 12.8 Å². The summed E-state index contributed by atoms with van der Waals surface area (Å²) in [5.74, 6) is 0.995. The maximum atomic E-state index is 5.77. The molecule has 0 bridgehead atoms. The molecular weight excluding hydrogens is 200 g/mol. The predicted octanol–water partition coefficient (Wildman–Crippen LogP) is 1.81. The maximum absolute atomic E-state index is 5.77. The number of nitrogens with two attached hydrogens (primary N) is 1. The van der Waals surface area contributed by atoms with Crippen molar-refractivity contribution in [1.82, 2.24) is 10.2 Å². The number of nitrogen functional groups attached to an aromatic ring is 1. The third kappa shape index (κ3) is 1.46. The van der Waals surface area contributed by atoms with E-state index in [4.69, 9.17) is 5.73 Å². The molecule has 2 aromatic rings. The summed E-state index contributed by atoms with van der Waals surface area (Å²) >= 11 is 0. The molecule has 1 aromatic heterocycles. The van der Waals surface area contributed by atoms with E-state index in [1.807, 2.05) is 18.2 Å². The largest absolute Gasteiger partial charge is 0.399 e. The standard InChI is InChI=1S/C12H14N4/c13-10-3-4-11-9(7-10)8-14-15-12(11)16-5-1-2-6-16/h3-4,7-8H,1-2,5-6,13H2. The molecule has 4 nitrogen and oxygen atoms in total. The zero-order valence-electron chi connectivity index (χ0n) is 9.06. The van der Waals surface area contributed by atoms with Crippen molar-refractivity contribution < 1.29 is 0 Å². The van der Waals surface area contributed by atoms with Crippen LogP contribution in [0.15, 0.2) is 24.4 Å². The van der Waals surface area contributed by atoms with Crippen molar-refractivity contribution in [1.29, 1.82) is 0 Å². The zero-order chi connectivity index (χ0) is 11.0. The number of rotatable bonds is 1. The number of hydrogen-bond donors (Lipinski definition) is 1. The normalized spacial score (nSPS) is 15.9. The van der Waals surface area contributed by atoms with Gasteiger partial charge in [0, 0.05) is 29.5 Å². The van der Waals surface area contributed by atoms with Gasteiger partial charge in [-0.3, -0.25) is 0 Å². The quantitative estimate of drug-likeness (QED) is 0.735. The lowest BCUT2D eigenvalue weighted by Crippen LogP contribution is -2.19. The molecule has 1 aliphatic rings. The van der Waals surface area contributed by atoms with Gasteiger partial charge in [-0.15, -0.1) is 5.10 Å². The van der Waals surface area contributed by atoms with Crippen LogP contribution in [0.3, 0.4) is 0 Å². The van der Waals surface area contributed by atoms with Crippen molar-refractivity contribution in [2.24, 2.45) is 0 Å². The number of nitrogens with zero attached hydrogens (tertiary/aromatic N) is 3. The van der Waals surface area contributed by atoms with Gasteiger partial charge in [-0.05, 0) is 31.0 Å². The van der Waals surface area contributed by atoms with E-state index >= 15 is 0 Å². The Bertz CT molecular complexity index is 517. The molecule has 1 fully saturated rings. The first kappa shape index (κ1) is 9.39. The van der Waals surface area contributed by atoms with Gasteiger partial charge in [-0.2, -0.15) is 5.10 Å². The highest BCUT2D eigenvalue weighted by molar-refractivity contribution is 5.93. The summed E-state index contributed by atoms with van der Waals surface area (Å²) in [6.07, 6.45) is 4.26. The Balaban J connectivity index is 2.16. The monoisotopic (exact) mass is 214 g/mol. The molecule has 1 aliphatic heterocycles. The Hall–Kier alpha value is -1.84. The van der Waals surface area contributed by atoms with Gasteiger partial charge in [0.1, 0.15) is 0 Å². The topological polar surface area (TPSA) is 55.0 Å². The van der Waals surface area contributed by atoms with Crippen LogP contribution >= 0.6 is 0 Å². The number of anilines is 2. The molecule has 0 spiro atoms. The smallest absolute Gasteiger partial charge is 0.159 e. The third-order valence-corrected chi connectivity index (χ3v) is 3.07. The van der Waals surface area contributed by atoms with E-state index in [-0.39, 0.29) is 0 Å². The summed E-state index contributed by atoms with van der Waals surface area (Å²) in [4.78, 5) is 2.30. The molecule has 0 amide bonds. The Morgan fingerprint density at radius 3 is 2.81 bits per heavy atom. The summed E-state index contributed by atoms with van der Waals surface area (Å²) in [6.45, 7) is 2.16. The summed E-state index contributed by atoms with van der Waals surface area (Å²) in [5.41, 5.74) is 6.54. The average Bonchev–Trinajstić information content (AvgIpc) is 2.81. The number of fused-ring (bicyclic) bond motifs is 1. The molecule has 0 saturated carbocycles.